The topological polar surface area (TPSA) is 96.0 Å². The SMILES string of the molecule is CC(=O)N1C=Cc2ccccc2C1CC(=O)OCC(=O)N1c2ccccc2NC(=O)C12CCCC2. The van der Waals surface area contributed by atoms with Gasteiger partial charge in [0.1, 0.15) is 5.54 Å². The number of anilines is 2. The van der Waals surface area contributed by atoms with Crippen LogP contribution >= 0.6 is 0 Å². The van der Waals surface area contributed by atoms with Gasteiger partial charge in [-0.1, -0.05) is 49.2 Å². The first-order valence-corrected chi connectivity index (χ1v) is 11.9. The first-order valence-electron chi connectivity index (χ1n) is 11.9. The van der Waals surface area contributed by atoms with Crippen LogP contribution in [0.1, 0.15) is 56.2 Å². The van der Waals surface area contributed by atoms with Crippen LogP contribution in [0.2, 0.25) is 0 Å². The van der Waals surface area contributed by atoms with E-state index in [-0.39, 0.29) is 18.2 Å². The third-order valence-electron chi connectivity index (χ3n) is 7.11. The Morgan fingerprint density at radius 3 is 2.54 bits per heavy atom. The maximum atomic E-state index is 13.4. The van der Waals surface area contributed by atoms with E-state index in [4.69, 9.17) is 4.74 Å². The van der Waals surface area contributed by atoms with Crippen LogP contribution in [0.3, 0.4) is 0 Å². The van der Waals surface area contributed by atoms with Gasteiger partial charge in [0.2, 0.25) is 5.91 Å². The van der Waals surface area contributed by atoms with E-state index in [1.165, 1.54) is 16.7 Å². The molecule has 1 unspecified atom stereocenters. The lowest BCUT2D eigenvalue weighted by Gasteiger charge is -2.44. The van der Waals surface area contributed by atoms with Crippen molar-refractivity contribution in [3.63, 3.8) is 0 Å². The molecule has 0 saturated heterocycles. The van der Waals surface area contributed by atoms with Gasteiger partial charge in [-0.05, 0) is 42.2 Å². The van der Waals surface area contributed by atoms with Crippen LogP contribution in [0.5, 0.6) is 0 Å². The highest BCUT2D eigenvalue weighted by atomic mass is 16.5. The predicted molar refractivity (Wildman–Crippen MR) is 130 cm³/mol. The molecule has 1 N–H and O–H groups in total. The Morgan fingerprint density at radius 2 is 1.77 bits per heavy atom. The van der Waals surface area contributed by atoms with Crippen molar-refractivity contribution in [3.05, 3.63) is 65.9 Å². The molecule has 8 nitrogen and oxygen atoms in total. The summed E-state index contributed by atoms with van der Waals surface area (Å²) >= 11 is 0. The van der Waals surface area contributed by atoms with Gasteiger partial charge < -0.3 is 15.0 Å². The molecule has 5 rings (SSSR count). The van der Waals surface area contributed by atoms with Crippen molar-refractivity contribution in [2.24, 2.45) is 0 Å². The van der Waals surface area contributed by atoms with Crippen LogP contribution in [0.4, 0.5) is 11.4 Å². The molecule has 8 heteroatoms. The van der Waals surface area contributed by atoms with Gasteiger partial charge in [0.05, 0.1) is 23.8 Å². The Balaban J connectivity index is 1.33. The maximum absolute atomic E-state index is 13.4. The Kier molecular flexibility index (Phi) is 5.88. The van der Waals surface area contributed by atoms with Crippen LogP contribution in [-0.2, 0) is 23.9 Å². The van der Waals surface area contributed by atoms with Gasteiger partial charge in [-0.25, -0.2) is 0 Å². The molecule has 2 aliphatic heterocycles. The number of hydrogen-bond donors (Lipinski definition) is 1. The number of nitrogens with one attached hydrogen (secondary N) is 1. The molecule has 0 bridgehead atoms. The van der Waals surface area contributed by atoms with E-state index < -0.39 is 30.1 Å². The summed E-state index contributed by atoms with van der Waals surface area (Å²) in [5, 5.41) is 2.94. The summed E-state index contributed by atoms with van der Waals surface area (Å²) in [6, 6.07) is 14.2. The van der Waals surface area contributed by atoms with Gasteiger partial charge in [0.25, 0.3) is 11.8 Å². The number of para-hydroxylation sites is 2. The molecule has 1 atom stereocenters. The summed E-state index contributed by atoms with van der Waals surface area (Å²) in [7, 11) is 0. The molecule has 1 aliphatic carbocycles. The zero-order chi connectivity index (χ0) is 24.6. The standard InChI is InChI=1S/C27H27N3O5/c1-18(31)29-15-12-19-8-2-3-9-20(19)23(29)16-25(33)35-17-24(32)30-22-11-5-4-10-21(22)28-26(34)27(30)13-6-7-14-27/h2-5,8-12,15,23H,6-7,13-14,16-17H2,1H3,(H,28,34). The number of ether oxygens (including phenoxy) is 1. The number of carbonyl (C=O) groups is 4. The van der Waals surface area contributed by atoms with Gasteiger partial charge in [0, 0.05) is 13.1 Å². The van der Waals surface area contributed by atoms with Gasteiger partial charge in [-0.2, -0.15) is 0 Å². The summed E-state index contributed by atoms with van der Waals surface area (Å²) in [6.45, 7) is 0.965. The third-order valence-corrected chi connectivity index (χ3v) is 7.11. The Labute approximate surface area is 203 Å². The minimum Gasteiger partial charge on any atom is -0.455 e. The number of amides is 3. The zero-order valence-electron chi connectivity index (χ0n) is 19.5. The molecule has 180 valence electrons. The monoisotopic (exact) mass is 473 g/mol. The summed E-state index contributed by atoms with van der Waals surface area (Å²) in [4.78, 5) is 54.6. The minimum atomic E-state index is -0.962. The fourth-order valence-electron chi connectivity index (χ4n) is 5.47. The average Bonchev–Trinajstić information content (AvgIpc) is 3.34. The largest absolute Gasteiger partial charge is 0.455 e. The first kappa shape index (κ1) is 22.8. The second kappa shape index (κ2) is 9.02. The van der Waals surface area contributed by atoms with Crippen molar-refractivity contribution in [3.8, 4) is 0 Å². The summed E-state index contributed by atoms with van der Waals surface area (Å²) in [6.07, 6.45) is 6.22. The molecular formula is C27H27N3O5. The van der Waals surface area contributed by atoms with Crippen molar-refractivity contribution in [2.45, 2.75) is 50.6 Å². The lowest BCUT2D eigenvalue weighted by molar-refractivity contribution is -0.150. The molecule has 0 aromatic heterocycles. The Hall–Kier alpha value is -3.94. The van der Waals surface area contributed by atoms with E-state index in [0.717, 1.165) is 24.0 Å². The van der Waals surface area contributed by atoms with E-state index >= 15 is 0 Å². The number of nitrogens with zero attached hydrogens (tertiary/aromatic N) is 2. The van der Waals surface area contributed by atoms with Crippen LogP contribution in [0.15, 0.2) is 54.7 Å². The van der Waals surface area contributed by atoms with Gasteiger partial charge in [-0.15, -0.1) is 0 Å². The Bertz CT molecular complexity index is 1230. The molecule has 2 heterocycles. The number of carbonyl (C=O) groups excluding carboxylic acids is 4. The van der Waals surface area contributed by atoms with E-state index in [0.29, 0.717) is 24.2 Å². The second-order valence-corrected chi connectivity index (χ2v) is 9.19. The fraction of sp³-hybridized carbons (Fsp3) is 0.333. The third kappa shape index (κ3) is 3.99. The van der Waals surface area contributed by atoms with E-state index in [2.05, 4.69) is 5.32 Å². The number of rotatable bonds is 4. The van der Waals surface area contributed by atoms with Crippen LogP contribution in [0.25, 0.3) is 6.08 Å². The number of hydrogen-bond acceptors (Lipinski definition) is 5. The van der Waals surface area contributed by atoms with Crippen LogP contribution in [0, 0.1) is 0 Å². The van der Waals surface area contributed by atoms with Gasteiger partial charge in [-0.3, -0.25) is 24.1 Å². The minimum absolute atomic E-state index is 0.0869. The smallest absolute Gasteiger partial charge is 0.308 e. The quantitative estimate of drug-likeness (QED) is 0.682. The molecule has 1 fully saturated rings. The Morgan fingerprint density at radius 1 is 1.06 bits per heavy atom. The van der Waals surface area contributed by atoms with Crippen LogP contribution < -0.4 is 10.2 Å². The molecule has 3 amide bonds. The molecule has 0 radical (unpaired) electrons. The summed E-state index contributed by atoms with van der Waals surface area (Å²) in [5.74, 6) is -1.41. The number of fused-ring (bicyclic) bond motifs is 2. The second-order valence-electron chi connectivity index (χ2n) is 9.19. The lowest BCUT2D eigenvalue weighted by atomic mass is 9.90. The highest BCUT2D eigenvalue weighted by Crippen LogP contribution is 2.45. The average molecular weight is 474 g/mol. The molecule has 35 heavy (non-hydrogen) atoms. The van der Waals surface area contributed by atoms with Crippen molar-refractivity contribution in [1.29, 1.82) is 0 Å². The van der Waals surface area contributed by atoms with Crippen LogP contribution in [-0.4, -0.2) is 40.7 Å². The number of benzene rings is 2. The van der Waals surface area contributed by atoms with Crippen molar-refractivity contribution < 1.29 is 23.9 Å². The normalized spacial score (nSPS) is 19.7. The highest BCUT2D eigenvalue weighted by molar-refractivity contribution is 6.15. The molecule has 3 aliphatic rings. The van der Waals surface area contributed by atoms with Crippen molar-refractivity contribution in [1.82, 2.24) is 4.90 Å². The summed E-state index contributed by atoms with van der Waals surface area (Å²) < 4.78 is 5.43. The molecule has 2 aromatic rings. The number of esters is 1. The van der Waals surface area contributed by atoms with Crippen molar-refractivity contribution >= 4 is 41.1 Å². The highest BCUT2D eigenvalue weighted by Gasteiger charge is 2.52. The molecular weight excluding hydrogens is 446 g/mol. The lowest BCUT2D eigenvalue weighted by Crippen LogP contribution is -2.61. The molecule has 1 spiro atoms. The van der Waals surface area contributed by atoms with E-state index in [1.807, 2.05) is 36.4 Å². The fourth-order valence-corrected chi connectivity index (χ4v) is 5.47. The van der Waals surface area contributed by atoms with Gasteiger partial charge >= 0.3 is 5.97 Å². The predicted octanol–water partition coefficient (Wildman–Crippen LogP) is 3.79. The maximum Gasteiger partial charge on any atom is 0.308 e. The molecule has 2 aromatic carbocycles. The summed E-state index contributed by atoms with van der Waals surface area (Å²) in [5.41, 5.74) is 2.00. The van der Waals surface area contributed by atoms with Crippen molar-refractivity contribution in [2.75, 3.05) is 16.8 Å². The zero-order valence-corrected chi connectivity index (χ0v) is 19.5. The first-order chi connectivity index (χ1) is 16.9. The van der Waals surface area contributed by atoms with E-state index in [1.54, 1.807) is 24.4 Å². The van der Waals surface area contributed by atoms with Gasteiger partial charge in [0.15, 0.2) is 6.61 Å². The van der Waals surface area contributed by atoms with E-state index in [9.17, 15) is 19.2 Å². The molecule has 1 saturated carbocycles.